The molecular weight excluding hydrogens is 374 g/mol. The molecule has 3 aromatic rings. The second-order valence-electron chi connectivity index (χ2n) is 5.21. The lowest BCUT2D eigenvalue weighted by molar-refractivity contribution is -0.149. The summed E-state index contributed by atoms with van der Waals surface area (Å²) >= 11 is 1.17. The number of ether oxygens (including phenoxy) is 1. The second-order valence-corrected chi connectivity index (χ2v) is 6.16. The summed E-state index contributed by atoms with van der Waals surface area (Å²) in [6.45, 7) is -1.19. The number of carbonyl (C=O) groups is 3. The molecule has 0 spiro atoms. The van der Waals surface area contributed by atoms with E-state index in [4.69, 9.17) is 9.15 Å². The summed E-state index contributed by atoms with van der Waals surface area (Å²) in [5.41, 5.74) is 0.577. The van der Waals surface area contributed by atoms with Gasteiger partial charge in [0, 0.05) is 5.56 Å². The molecule has 0 bridgehead atoms. The molecule has 0 saturated heterocycles. The van der Waals surface area contributed by atoms with Gasteiger partial charge in [-0.3, -0.25) is 19.7 Å². The molecule has 2 heterocycles. The number of esters is 1. The summed E-state index contributed by atoms with van der Waals surface area (Å²) in [6.07, 6.45) is 0. The third-order valence-electron chi connectivity index (χ3n) is 3.27. The Morgan fingerprint density at radius 2 is 1.93 bits per heavy atom. The average molecular weight is 387 g/mol. The Balaban J connectivity index is 1.52. The number of nitrogens with zero attached hydrogens (tertiary/aromatic N) is 2. The fraction of sp³-hybridized carbons (Fsp3) is 0.118. The van der Waals surface area contributed by atoms with Gasteiger partial charge in [-0.15, -0.1) is 16.4 Å². The normalized spacial score (nSPS) is 10.4. The lowest BCUT2D eigenvalue weighted by Gasteiger charge is -2.04. The molecule has 0 aliphatic heterocycles. The lowest BCUT2D eigenvalue weighted by Crippen LogP contribution is -2.34. The van der Waals surface area contributed by atoms with Crippen LogP contribution >= 0.6 is 11.3 Å². The molecule has 10 heteroatoms. The van der Waals surface area contributed by atoms with Crippen LogP contribution in [0.3, 0.4) is 0 Å². The van der Waals surface area contributed by atoms with Crippen LogP contribution < -0.4 is 11.1 Å². The van der Waals surface area contributed by atoms with Crippen molar-refractivity contribution in [3.05, 3.63) is 63.3 Å². The summed E-state index contributed by atoms with van der Waals surface area (Å²) in [7, 11) is 0. The van der Waals surface area contributed by atoms with Crippen LogP contribution in [0.4, 0.5) is 0 Å². The number of hydrogen-bond donors (Lipinski definition) is 1. The van der Waals surface area contributed by atoms with Gasteiger partial charge in [0.2, 0.25) is 5.89 Å². The Bertz CT molecular complexity index is 1010. The molecule has 0 atom stereocenters. The maximum atomic E-state index is 11.8. The molecule has 3 rings (SSSR count). The van der Waals surface area contributed by atoms with Crippen LogP contribution in [0.15, 0.2) is 57.1 Å². The number of carbonyl (C=O) groups excluding carboxylic acids is 3. The zero-order valence-electron chi connectivity index (χ0n) is 13.8. The highest BCUT2D eigenvalue weighted by molar-refractivity contribution is 7.12. The fourth-order valence-electron chi connectivity index (χ4n) is 2.05. The van der Waals surface area contributed by atoms with Crippen LogP contribution in [0.25, 0.3) is 11.5 Å². The second kappa shape index (κ2) is 8.23. The summed E-state index contributed by atoms with van der Waals surface area (Å²) in [4.78, 5) is 47.3. The SMILES string of the molecule is O=C(COC(=O)Cn1nc(-c2ccccc2)oc1=O)NC(=O)c1cccs1. The van der Waals surface area contributed by atoms with Gasteiger partial charge in [-0.1, -0.05) is 24.3 Å². The molecule has 27 heavy (non-hydrogen) atoms. The Kier molecular flexibility index (Phi) is 5.57. The molecule has 0 aliphatic carbocycles. The van der Waals surface area contributed by atoms with Crippen molar-refractivity contribution in [2.45, 2.75) is 6.54 Å². The number of nitrogens with one attached hydrogen (secondary N) is 1. The predicted octanol–water partition coefficient (Wildman–Crippen LogP) is 1.06. The van der Waals surface area contributed by atoms with Crippen LogP contribution in [0.5, 0.6) is 0 Å². The minimum atomic E-state index is -0.872. The van der Waals surface area contributed by atoms with Gasteiger partial charge >= 0.3 is 11.7 Å². The van der Waals surface area contributed by atoms with E-state index in [1.54, 1.807) is 47.8 Å². The van der Waals surface area contributed by atoms with E-state index in [0.717, 1.165) is 4.68 Å². The van der Waals surface area contributed by atoms with Crippen LogP contribution in [0, 0.1) is 0 Å². The van der Waals surface area contributed by atoms with E-state index in [1.165, 1.54) is 11.3 Å². The third-order valence-corrected chi connectivity index (χ3v) is 4.14. The van der Waals surface area contributed by atoms with Gasteiger partial charge in [0.05, 0.1) is 4.88 Å². The summed E-state index contributed by atoms with van der Waals surface area (Å²) in [6, 6.07) is 11.9. The van der Waals surface area contributed by atoms with E-state index in [-0.39, 0.29) is 5.89 Å². The van der Waals surface area contributed by atoms with Crippen molar-refractivity contribution >= 4 is 29.1 Å². The van der Waals surface area contributed by atoms with Gasteiger partial charge in [-0.2, -0.15) is 4.68 Å². The highest BCUT2D eigenvalue weighted by atomic mass is 32.1. The predicted molar refractivity (Wildman–Crippen MR) is 94.0 cm³/mol. The van der Waals surface area contributed by atoms with Crippen molar-refractivity contribution in [1.82, 2.24) is 15.1 Å². The minimum absolute atomic E-state index is 0.0627. The number of hydrogen-bond acceptors (Lipinski definition) is 8. The lowest BCUT2D eigenvalue weighted by atomic mass is 10.2. The van der Waals surface area contributed by atoms with E-state index in [2.05, 4.69) is 10.4 Å². The quantitative estimate of drug-likeness (QED) is 0.628. The van der Waals surface area contributed by atoms with E-state index in [0.29, 0.717) is 10.4 Å². The first-order chi connectivity index (χ1) is 13.0. The smallest absolute Gasteiger partial charge is 0.437 e. The summed E-state index contributed by atoms with van der Waals surface area (Å²) < 4.78 is 10.5. The van der Waals surface area contributed by atoms with Gasteiger partial charge in [-0.25, -0.2) is 4.79 Å². The highest BCUT2D eigenvalue weighted by Gasteiger charge is 2.16. The highest BCUT2D eigenvalue weighted by Crippen LogP contribution is 2.13. The van der Waals surface area contributed by atoms with Crippen LogP contribution in [-0.2, 0) is 20.9 Å². The molecule has 0 saturated carbocycles. The van der Waals surface area contributed by atoms with Crippen LogP contribution in [-0.4, -0.2) is 34.2 Å². The molecule has 1 aromatic carbocycles. The van der Waals surface area contributed by atoms with E-state index in [9.17, 15) is 19.2 Å². The number of rotatable bonds is 6. The first-order valence-electron chi connectivity index (χ1n) is 7.69. The van der Waals surface area contributed by atoms with E-state index in [1.807, 2.05) is 0 Å². The molecule has 2 amide bonds. The molecule has 1 N–H and O–H groups in total. The van der Waals surface area contributed by atoms with Crippen molar-refractivity contribution in [3.8, 4) is 11.5 Å². The summed E-state index contributed by atoms with van der Waals surface area (Å²) in [5.74, 6) is -3.00. The van der Waals surface area contributed by atoms with Gasteiger partial charge in [0.25, 0.3) is 11.8 Å². The number of imide groups is 1. The monoisotopic (exact) mass is 387 g/mol. The average Bonchev–Trinajstić information content (AvgIpc) is 3.31. The number of aromatic nitrogens is 2. The molecule has 138 valence electrons. The maximum Gasteiger partial charge on any atom is 0.437 e. The van der Waals surface area contributed by atoms with Crippen molar-refractivity contribution in [3.63, 3.8) is 0 Å². The Morgan fingerprint density at radius 3 is 2.63 bits per heavy atom. The number of thiophene rings is 1. The van der Waals surface area contributed by atoms with E-state index < -0.39 is 36.7 Å². The van der Waals surface area contributed by atoms with Crippen molar-refractivity contribution < 1.29 is 23.5 Å². The van der Waals surface area contributed by atoms with Crippen LogP contribution in [0.1, 0.15) is 9.67 Å². The third kappa shape index (κ3) is 4.76. The molecule has 2 aromatic heterocycles. The van der Waals surface area contributed by atoms with Crippen molar-refractivity contribution in [2.24, 2.45) is 0 Å². The molecule has 0 aliphatic rings. The topological polar surface area (TPSA) is 120 Å². The zero-order valence-corrected chi connectivity index (χ0v) is 14.6. The Labute approximate surface area is 156 Å². The Hall–Kier alpha value is -3.53. The molecule has 0 unspecified atom stereocenters. The van der Waals surface area contributed by atoms with Gasteiger partial charge in [0.1, 0.15) is 6.54 Å². The molecule has 0 fully saturated rings. The first-order valence-corrected chi connectivity index (χ1v) is 8.57. The van der Waals surface area contributed by atoms with E-state index >= 15 is 0 Å². The maximum absolute atomic E-state index is 11.8. The largest absolute Gasteiger partial charge is 0.454 e. The van der Waals surface area contributed by atoms with Crippen molar-refractivity contribution in [2.75, 3.05) is 6.61 Å². The summed E-state index contributed by atoms with van der Waals surface area (Å²) in [5, 5.41) is 7.70. The Morgan fingerprint density at radius 1 is 1.15 bits per heavy atom. The molecular formula is C17H13N3O6S. The molecule has 9 nitrogen and oxygen atoms in total. The van der Waals surface area contributed by atoms with Gasteiger partial charge in [0.15, 0.2) is 6.61 Å². The zero-order chi connectivity index (χ0) is 19.2. The fourth-order valence-corrected chi connectivity index (χ4v) is 2.67. The van der Waals surface area contributed by atoms with Gasteiger partial charge < -0.3 is 9.15 Å². The van der Waals surface area contributed by atoms with Crippen molar-refractivity contribution in [1.29, 1.82) is 0 Å². The minimum Gasteiger partial charge on any atom is -0.454 e. The van der Waals surface area contributed by atoms with Gasteiger partial charge in [-0.05, 0) is 23.6 Å². The number of benzene rings is 1. The first kappa shape index (κ1) is 18.3. The number of amides is 2. The standard InChI is InChI=1S/C17H13N3O6S/c21-13(18-15(23)12-7-4-8-27-12)10-25-14(22)9-20-17(24)26-16(19-20)11-5-2-1-3-6-11/h1-8H,9-10H2,(H,18,21,23). The molecule has 0 radical (unpaired) electrons. The van der Waals surface area contributed by atoms with Crippen LogP contribution in [0.2, 0.25) is 0 Å².